The zero-order chi connectivity index (χ0) is 12.8. The molecule has 0 aromatic heterocycles. The Morgan fingerprint density at radius 2 is 2.22 bits per heavy atom. The van der Waals surface area contributed by atoms with Crippen molar-refractivity contribution in [2.24, 2.45) is 5.92 Å². The number of carbonyl (C=O) groups is 1. The van der Waals surface area contributed by atoms with Crippen molar-refractivity contribution in [2.75, 3.05) is 32.7 Å². The SMILES string of the molecule is CCN(CCC(=O)NC1CC1)CC1CCCNC1. The molecule has 0 bridgehead atoms. The smallest absolute Gasteiger partial charge is 0.221 e. The van der Waals surface area contributed by atoms with E-state index < -0.39 is 0 Å². The van der Waals surface area contributed by atoms with Crippen molar-refractivity contribution in [3.8, 4) is 0 Å². The zero-order valence-electron chi connectivity index (χ0n) is 11.6. The summed E-state index contributed by atoms with van der Waals surface area (Å²) in [5.41, 5.74) is 0. The summed E-state index contributed by atoms with van der Waals surface area (Å²) in [6.07, 6.45) is 5.64. The Hall–Kier alpha value is -0.610. The Morgan fingerprint density at radius 1 is 1.39 bits per heavy atom. The Morgan fingerprint density at radius 3 is 2.83 bits per heavy atom. The van der Waals surface area contributed by atoms with E-state index in [1.54, 1.807) is 0 Å². The van der Waals surface area contributed by atoms with Crippen LogP contribution in [-0.2, 0) is 4.79 Å². The number of hydrogen-bond acceptors (Lipinski definition) is 3. The fourth-order valence-corrected chi connectivity index (χ4v) is 2.61. The molecule has 1 aliphatic carbocycles. The maximum absolute atomic E-state index is 11.7. The maximum atomic E-state index is 11.7. The minimum absolute atomic E-state index is 0.234. The fourth-order valence-electron chi connectivity index (χ4n) is 2.61. The quantitative estimate of drug-likeness (QED) is 0.711. The van der Waals surface area contributed by atoms with Gasteiger partial charge in [0.1, 0.15) is 0 Å². The minimum atomic E-state index is 0.234. The Kier molecular flexibility index (Phi) is 5.45. The summed E-state index contributed by atoms with van der Waals surface area (Å²) in [5, 5.41) is 6.52. The molecular formula is C14H27N3O. The lowest BCUT2D eigenvalue weighted by Crippen LogP contribution is -2.39. The monoisotopic (exact) mass is 253 g/mol. The number of hydrogen-bond donors (Lipinski definition) is 2. The molecule has 0 spiro atoms. The number of carbonyl (C=O) groups excluding carboxylic acids is 1. The van der Waals surface area contributed by atoms with Crippen LogP contribution in [0.5, 0.6) is 0 Å². The molecule has 1 atom stereocenters. The molecule has 1 saturated carbocycles. The topological polar surface area (TPSA) is 44.4 Å². The second-order valence-corrected chi connectivity index (χ2v) is 5.70. The molecule has 1 amide bonds. The van der Waals surface area contributed by atoms with Crippen molar-refractivity contribution in [1.29, 1.82) is 0 Å². The van der Waals surface area contributed by atoms with Crippen LogP contribution < -0.4 is 10.6 Å². The van der Waals surface area contributed by atoms with Crippen molar-refractivity contribution in [3.05, 3.63) is 0 Å². The number of nitrogens with zero attached hydrogens (tertiary/aromatic N) is 1. The van der Waals surface area contributed by atoms with Gasteiger partial charge in [0.2, 0.25) is 5.91 Å². The first-order valence-electron chi connectivity index (χ1n) is 7.50. The van der Waals surface area contributed by atoms with Crippen molar-refractivity contribution in [2.45, 2.75) is 45.1 Å². The fraction of sp³-hybridized carbons (Fsp3) is 0.929. The predicted molar refractivity (Wildman–Crippen MR) is 73.5 cm³/mol. The van der Waals surface area contributed by atoms with Crippen molar-refractivity contribution < 1.29 is 4.79 Å². The standard InChI is InChI=1S/C14H27N3O/c1-2-17(11-12-4-3-8-15-10-12)9-7-14(18)16-13-5-6-13/h12-13,15H,2-11H2,1H3,(H,16,18). The summed E-state index contributed by atoms with van der Waals surface area (Å²) in [4.78, 5) is 14.1. The van der Waals surface area contributed by atoms with Gasteiger partial charge in [0.25, 0.3) is 0 Å². The van der Waals surface area contributed by atoms with Gasteiger partial charge in [-0.2, -0.15) is 0 Å². The van der Waals surface area contributed by atoms with E-state index in [2.05, 4.69) is 22.5 Å². The van der Waals surface area contributed by atoms with Crippen LogP contribution in [0.2, 0.25) is 0 Å². The van der Waals surface area contributed by atoms with Gasteiger partial charge in [-0.25, -0.2) is 0 Å². The third-order valence-electron chi connectivity index (χ3n) is 3.96. The molecule has 0 radical (unpaired) electrons. The van der Waals surface area contributed by atoms with E-state index >= 15 is 0 Å². The van der Waals surface area contributed by atoms with Gasteiger partial charge in [-0.05, 0) is 51.2 Å². The molecule has 1 unspecified atom stereocenters. The van der Waals surface area contributed by atoms with Crippen molar-refractivity contribution in [3.63, 3.8) is 0 Å². The zero-order valence-corrected chi connectivity index (χ0v) is 11.6. The van der Waals surface area contributed by atoms with E-state index in [1.165, 1.54) is 32.2 Å². The minimum Gasteiger partial charge on any atom is -0.353 e. The highest BCUT2D eigenvalue weighted by molar-refractivity contribution is 5.76. The lowest BCUT2D eigenvalue weighted by Gasteiger charge is -2.29. The van der Waals surface area contributed by atoms with Gasteiger partial charge in [0, 0.05) is 25.6 Å². The van der Waals surface area contributed by atoms with Gasteiger partial charge in [-0.3, -0.25) is 4.79 Å². The summed E-state index contributed by atoms with van der Waals surface area (Å²) in [5.74, 6) is 1.00. The molecule has 2 aliphatic rings. The third-order valence-corrected chi connectivity index (χ3v) is 3.96. The van der Waals surface area contributed by atoms with Crippen LogP contribution in [0.15, 0.2) is 0 Å². The Balaban J connectivity index is 1.62. The average Bonchev–Trinajstić information content (AvgIpc) is 3.19. The first-order valence-corrected chi connectivity index (χ1v) is 7.50. The summed E-state index contributed by atoms with van der Waals surface area (Å²) >= 11 is 0. The predicted octanol–water partition coefficient (Wildman–Crippen LogP) is 0.977. The third kappa shape index (κ3) is 4.94. The first-order chi connectivity index (χ1) is 8.78. The lowest BCUT2D eigenvalue weighted by molar-refractivity contribution is -0.121. The highest BCUT2D eigenvalue weighted by atomic mass is 16.1. The maximum Gasteiger partial charge on any atom is 0.221 e. The Bertz CT molecular complexity index is 260. The van der Waals surface area contributed by atoms with Crippen molar-refractivity contribution >= 4 is 5.91 Å². The van der Waals surface area contributed by atoms with Gasteiger partial charge in [-0.15, -0.1) is 0 Å². The Labute approximate surface area is 110 Å². The van der Waals surface area contributed by atoms with E-state index in [4.69, 9.17) is 0 Å². The van der Waals surface area contributed by atoms with Gasteiger partial charge in [0.05, 0.1) is 0 Å². The van der Waals surface area contributed by atoms with Crippen LogP contribution in [-0.4, -0.2) is 49.6 Å². The highest BCUT2D eigenvalue weighted by Crippen LogP contribution is 2.18. The van der Waals surface area contributed by atoms with Crippen LogP contribution >= 0.6 is 0 Å². The number of nitrogens with one attached hydrogen (secondary N) is 2. The van der Waals surface area contributed by atoms with E-state index in [-0.39, 0.29) is 5.91 Å². The number of rotatable bonds is 7. The van der Waals surface area contributed by atoms with E-state index in [9.17, 15) is 4.79 Å². The van der Waals surface area contributed by atoms with Crippen molar-refractivity contribution in [1.82, 2.24) is 15.5 Å². The highest BCUT2D eigenvalue weighted by Gasteiger charge is 2.23. The van der Waals surface area contributed by atoms with Gasteiger partial charge >= 0.3 is 0 Å². The molecule has 4 heteroatoms. The molecule has 0 aromatic carbocycles. The summed E-state index contributed by atoms with van der Waals surface area (Å²) in [7, 11) is 0. The molecule has 104 valence electrons. The van der Waals surface area contributed by atoms with Crippen LogP contribution in [0.1, 0.15) is 39.0 Å². The molecule has 1 aliphatic heterocycles. The normalized spacial score (nSPS) is 24.2. The molecule has 2 rings (SSSR count). The first kappa shape index (κ1) is 13.8. The van der Waals surface area contributed by atoms with Crippen LogP contribution in [0, 0.1) is 5.92 Å². The average molecular weight is 253 g/mol. The van der Waals surface area contributed by atoms with Crippen LogP contribution in [0.25, 0.3) is 0 Å². The van der Waals surface area contributed by atoms with E-state index in [1.807, 2.05) is 0 Å². The second-order valence-electron chi connectivity index (χ2n) is 5.70. The summed E-state index contributed by atoms with van der Waals surface area (Å²) in [6.45, 7) is 7.60. The molecule has 2 fully saturated rings. The van der Waals surface area contributed by atoms with Gasteiger partial charge in [0.15, 0.2) is 0 Å². The molecule has 2 N–H and O–H groups in total. The van der Waals surface area contributed by atoms with E-state index in [0.29, 0.717) is 12.5 Å². The van der Waals surface area contributed by atoms with Crippen LogP contribution in [0.4, 0.5) is 0 Å². The lowest BCUT2D eigenvalue weighted by atomic mass is 9.99. The molecule has 1 heterocycles. The number of amides is 1. The molecular weight excluding hydrogens is 226 g/mol. The number of piperidine rings is 1. The summed E-state index contributed by atoms with van der Waals surface area (Å²) < 4.78 is 0. The second kappa shape index (κ2) is 7.10. The summed E-state index contributed by atoms with van der Waals surface area (Å²) in [6, 6.07) is 0.495. The molecule has 4 nitrogen and oxygen atoms in total. The van der Waals surface area contributed by atoms with Gasteiger partial charge in [-0.1, -0.05) is 6.92 Å². The van der Waals surface area contributed by atoms with Crippen LogP contribution in [0.3, 0.4) is 0 Å². The van der Waals surface area contributed by atoms with Gasteiger partial charge < -0.3 is 15.5 Å². The molecule has 1 saturated heterocycles. The largest absolute Gasteiger partial charge is 0.353 e. The molecule has 0 aromatic rings. The molecule has 18 heavy (non-hydrogen) atoms. The van der Waals surface area contributed by atoms with E-state index in [0.717, 1.165) is 32.1 Å².